The van der Waals surface area contributed by atoms with Crippen LogP contribution in [0.5, 0.6) is 11.5 Å². The third kappa shape index (κ3) is 7.67. The van der Waals surface area contributed by atoms with E-state index in [1.165, 1.54) is 0 Å². The zero-order chi connectivity index (χ0) is 21.8. The van der Waals surface area contributed by atoms with E-state index in [-0.39, 0.29) is 0 Å². The first-order valence-electron chi connectivity index (χ1n) is 11.7. The number of anilines is 2. The zero-order valence-electron chi connectivity index (χ0n) is 18.8. The molecule has 0 aliphatic carbocycles. The number of ether oxygens (including phenoxy) is 4. The number of morpholine rings is 1. The highest BCUT2D eigenvalue weighted by molar-refractivity contribution is 5.62. The summed E-state index contributed by atoms with van der Waals surface area (Å²) in [5.74, 6) is 1.75. The molecule has 32 heavy (non-hydrogen) atoms. The van der Waals surface area contributed by atoms with Gasteiger partial charge < -0.3 is 24.3 Å². The van der Waals surface area contributed by atoms with Gasteiger partial charge in [-0.2, -0.15) is 0 Å². The van der Waals surface area contributed by atoms with Gasteiger partial charge in [0.1, 0.15) is 24.7 Å². The Morgan fingerprint density at radius 1 is 0.688 bits per heavy atom. The Labute approximate surface area is 191 Å². The van der Waals surface area contributed by atoms with Gasteiger partial charge in [-0.05, 0) is 30.7 Å². The third-order valence-corrected chi connectivity index (χ3v) is 5.73. The average Bonchev–Trinajstić information content (AvgIpc) is 3.09. The molecule has 2 heterocycles. The molecule has 4 rings (SSSR count). The zero-order valence-corrected chi connectivity index (χ0v) is 18.8. The first-order chi connectivity index (χ1) is 15.8. The van der Waals surface area contributed by atoms with Crippen LogP contribution in [0, 0.1) is 0 Å². The molecule has 174 valence electrons. The van der Waals surface area contributed by atoms with Crippen LogP contribution in [0.2, 0.25) is 0 Å². The van der Waals surface area contributed by atoms with Gasteiger partial charge in [0.05, 0.1) is 19.8 Å². The van der Waals surface area contributed by atoms with E-state index in [2.05, 4.69) is 15.1 Å². The summed E-state index contributed by atoms with van der Waals surface area (Å²) >= 11 is 0. The van der Waals surface area contributed by atoms with E-state index >= 15 is 0 Å². The third-order valence-electron chi connectivity index (χ3n) is 5.73. The van der Waals surface area contributed by atoms with Crippen LogP contribution < -0.4 is 14.8 Å². The Kier molecular flexibility index (Phi) is 9.04. The molecule has 7 nitrogen and oxygen atoms in total. The van der Waals surface area contributed by atoms with Gasteiger partial charge in [-0.3, -0.25) is 9.80 Å². The normalized spacial score (nSPS) is 18.1. The van der Waals surface area contributed by atoms with Crippen molar-refractivity contribution in [2.75, 3.05) is 84.2 Å². The molecule has 2 fully saturated rings. The summed E-state index contributed by atoms with van der Waals surface area (Å²) in [5.41, 5.74) is 1.99. The van der Waals surface area contributed by atoms with Gasteiger partial charge in [-0.25, -0.2) is 0 Å². The van der Waals surface area contributed by atoms with Crippen molar-refractivity contribution in [2.45, 2.75) is 6.42 Å². The fraction of sp³-hybridized carbons (Fsp3) is 0.520. The molecule has 1 N–H and O–H groups in total. The molecule has 2 aliphatic heterocycles. The van der Waals surface area contributed by atoms with Crippen LogP contribution in [0.25, 0.3) is 0 Å². The summed E-state index contributed by atoms with van der Waals surface area (Å²) in [7, 11) is 0. The van der Waals surface area contributed by atoms with Crippen molar-refractivity contribution in [3.8, 4) is 11.5 Å². The molecule has 0 amide bonds. The quantitative estimate of drug-likeness (QED) is 0.607. The van der Waals surface area contributed by atoms with Crippen molar-refractivity contribution in [2.24, 2.45) is 0 Å². The van der Waals surface area contributed by atoms with E-state index in [0.717, 1.165) is 95.0 Å². The highest BCUT2D eigenvalue weighted by atomic mass is 16.5. The van der Waals surface area contributed by atoms with Crippen molar-refractivity contribution in [1.82, 2.24) is 9.80 Å². The summed E-state index contributed by atoms with van der Waals surface area (Å²) in [6.07, 6.45) is 1.09. The Bertz CT molecular complexity index is 805. The molecule has 0 bridgehead atoms. The van der Waals surface area contributed by atoms with Gasteiger partial charge in [0, 0.05) is 69.4 Å². The Morgan fingerprint density at radius 2 is 1.22 bits per heavy atom. The van der Waals surface area contributed by atoms with E-state index in [1.54, 1.807) is 0 Å². The topological polar surface area (TPSA) is 55.4 Å². The fourth-order valence-corrected chi connectivity index (χ4v) is 3.93. The van der Waals surface area contributed by atoms with Crippen molar-refractivity contribution in [3.63, 3.8) is 0 Å². The van der Waals surface area contributed by atoms with Gasteiger partial charge in [0.25, 0.3) is 0 Å². The predicted molar refractivity (Wildman–Crippen MR) is 126 cm³/mol. The lowest BCUT2D eigenvalue weighted by atomic mass is 10.2. The molecule has 2 saturated heterocycles. The lowest BCUT2D eigenvalue weighted by Crippen LogP contribution is -2.38. The minimum Gasteiger partial charge on any atom is -0.492 e. The molecule has 0 radical (unpaired) electrons. The van der Waals surface area contributed by atoms with Crippen LogP contribution in [0.15, 0.2) is 48.5 Å². The molecular formula is C25H35N3O4. The minimum absolute atomic E-state index is 0.677. The van der Waals surface area contributed by atoms with Gasteiger partial charge >= 0.3 is 0 Å². The predicted octanol–water partition coefficient (Wildman–Crippen LogP) is 3.24. The monoisotopic (exact) mass is 441 g/mol. The molecule has 2 aliphatic rings. The fourth-order valence-electron chi connectivity index (χ4n) is 3.93. The van der Waals surface area contributed by atoms with Crippen molar-refractivity contribution in [1.29, 1.82) is 0 Å². The molecule has 0 unspecified atom stereocenters. The van der Waals surface area contributed by atoms with Crippen molar-refractivity contribution < 1.29 is 18.9 Å². The number of hydrogen-bond donors (Lipinski definition) is 1. The number of hydrogen-bond acceptors (Lipinski definition) is 7. The molecule has 7 heteroatoms. The summed E-state index contributed by atoms with van der Waals surface area (Å²) in [6, 6.07) is 16.2. The summed E-state index contributed by atoms with van der Waals surface area (Å²) < 4.78 is 22.9. The van der Waals surface area contributed by atoms with Gasteiger partial charge in [-0.1, -0.05) is 12.1 Å². The second-order valence-corrected chi connectivity index (χ2v) is 8.14. The van der Waals surface area contributed by atoms with E-state index in [4.69, 9.17) is 18.9 Å². The molecule has 0 saturated carbocycles. The summed E-state index contributed by atoms with van der Waals surface area (Å²) in [4.78, 5) is 4.78. The highest BCUT2D eigenvalue weighted by Crippen LogP contribution is 2.24. The van der Waals surface area contributed by atoms with Crippen LogP contribution in [0.4, 0.5) is 11.4 Å². The highest BCUT2D eigenvalue weighted by Gasteiger charge is 2.10. The van der Waals surface area contributed by atoms with Crippen LogP contribution in [0.1, 0.15) is 6.42 Å². The van der Waals surface area contributed by atoms with Crippen LogP contribution in [-0.2, 0) is 9.47 Å². The average molecular weight is 442 g/mol. The second kappa shape index (κ2) is 12.6. The van der Waals surface area contributed by atoms with Crippen LogP contribution >= 0.6 is 0 Å². The summed E-state index contributed by atoms with van der Waals surface area (Å²) in [5, 5.41) is 3.46. The molecule has 2 aromatic rings. The van der Waals surface area contributed by atoms with E-state index < -0.39 is 0 Å². The molecule has 2 aromatic carbocycles. The number of rotatable bonds is 10. The van der Waals surface area contributed by atoms with Gasteiger partial charge in [-0.15, -0.1) is 0 Å². The number of nitrogens with one attached hydrogen (secondary N) is 1. The molecule has 0 atom stereocenters. The lowest BCUT2D eigenvalue weighted by Gasteiger charge is -2.26. The number of nitrogens with zero attached hydrogens (tertiary/aromatic N) is 2. The Balaban J connectivity index is 1.23. The van der Waals surface area contributed by atoms with E-state index in [0.29, 0.717) is 13.2 Å². The van der Waals surface area contributed by atoms with E-state index in [9.17, 15) is 0 Å². The van der Waals surface area contributed by atoms with Crippen molar-refractivity contribution >= 4 is 11.4 Å². The van der Waals surface area contributed by atoms with E-state index in [1.807, 2.05) is 48.5 Å². The van der Waals surface area contributed by atoms with Crippen LogP contribution in [-0.4, -0.2) is 88.7 Å². The first-order valence-corrected chi connectivity index (χ1v) is 11.7. The Hall–Kier alpha value is -2.32. The first kappa shape index (κ1) is 22.9. The van der Waals surface area contributed by atoms with Gasteiger partial charge in [0.15, 0.2) is 0 Å². The largest absolute Gasteiger partial charge is 0.492 e. The SMILES string of the molecule is c1cc(Nc2cccc(OCCN3CCOCC3)c2)cc(OCCN2CCCOCC2)c1. The standard InChI is InChI=1S/C25H35N3O4/c1-4-22(20-24(6-1)31-18-12-27-8-3-14-29-15-9-27)26-23-5-2-7-25(21-23)32-19-13-28-10-16-30-17-11-28/h1-2,4-7,20-21,26H,3,8-19H2. The maximum absolute atomic E-state index is 6.00. The second-order valence-electron chi connectivity index (χ2n) is 8.14. The number of benzene rings is 2. The van der Waals surface area contributed by atoms with Gasteiger partial charge in [0.2, 0.25) is 0 Å². The smallest absolute Gasteiger partial charge is 0.121 e. The summed E-state index contributed by atoms with van der Waals surface area (Å²) in [6.45, 7) is 10.5. The maximum Gasteiger partial charge on any atom is 0.121 e. The van der Waals surface area contributed by atoms with Crippen LogP contribution in [0.3, 0.4) is 0 Å². The Morgan fingerprint density at radius 3 is 1.81 bits per heavy atom. The lowest BCUT2D eigenvalue weighted by molar-refractivity contribution is 0.0322. The molecular weight excluding hydrogens is 406 g/mol. The molecule has 0 aromatic heterocycles. The molecule has 0 spiro atoms. The minimum atomic E-state index is 0.677. The maximum atomic E-state index is 6.00. The van der Waals surface area contributed by atoms with Crippen molar-refractivity contribution in [3.05, 3.63) is 48.5 Å².